The third-order valence-corrected chi connectivity index (χ3v) is 7.17. The van der Waals surface area contributed by atoms with Crippen LogP contribution in [-0.2, 0) is 14.8 Å². The van der Waals surface area contributed by atoms with Gasteiger partial charge in [0.05, 0.1) is 17.1 Å². The molecule has 1 aliphatic heterocycles. The Hall–Kier alpha value is -3.53. The number of aliphatic carboxylic acids is 1. The second-order valence-corrected chi connectivity index (χ2v) is 9.84. The Bertz CT molecular complexity index is 1360. The summed E-state index contributed by atoms with van der Waals surface area (Å²) >= 11 is 0. The Morgan fingerprint density at radius 1 is 1.06 bits per heavy atom. The molecule has 1 atom stereocenters. The monoisotopic (exact) mass is 491 g/mol. The molecule has 0 radical (unpaired) electrons. The van der Waals surface area contributed by atoms with Gasteiger partial charge in [-0.05, 0) is 73.0 Å². The first-order valence-corrected chi connectivity index (χ1v) is 11.8. The molecule has 10 heteroatoms. The van der Waals surface area contributed by atoms with Crippen LogP contribution in [0.1, 0.15) is 18.4 Å². The molecule has 0 unspecified atom stereocenters. The highest BCUT2D eigenvalue weighted by atomic mass is 32.2. The van der Waals surface area contributed by atoms with E-state index in [2.05, 4.69) is 0 Å². The fourth-order valence-corrected chi connectivity index (χ4v) is 5.45. The summed E-state index contributed by atoms with van der Waals surface area (Å²) in [5, 5.41) is 9.02. The number of rotatable bonds is 6. The van der Waals surface area contributed by atoms with Crippen LogP contribution < -0.4 is 9.04 Å². The van der Waals surface area contributed by atoms with Crippen LogP contribution in [0.15, 0.2) is 59.5 Å². The quantitative estimate of drug-likeness (QED) is 0.530. The van der Waals surface area contributed by atoms with Crippen LogP contribution in [0.4, 0.5) is 18.9 Å². The van der Waals surface area contributed by atoms with Crippen LogP contribution in [0.5, 0.6) is 5.75 Å². The van der Waals surface area contributed by atoms with Crippen LogP contribution in [-0.4, -0.2) is 32.1 Å². The molecule has 0 spiro atoms. The number of anilines is 1. The smallest absolute Gasteiger partial charge is 0.303 e. The van der Waals surface area contributed by atoms with Crippen molar-refractivity contribution in [2.75, 3.05) is 10.8 Å². The summed E-state index contributed by atoms with van der Waals surface area (Å²) in [7, 11) is -4.31. The first kappa shape index (κ1) is 23.6. The molecule has 178 valence electrons. The van der Waals surface area contributed by atoms with Crippen molar-refractivity contribution in [3.8, 4) is 16.9 Å². The van der Waals surface area contributed by atoms with Crippen LogP contribution >= 0.6 is 0 Å². The number of halogens is 3. The number of fused-ring (bicyclic) bond motifs is 1. The molecule has 6 nitrogen and oxygen atoms in total. The number of nitrogens with zero attached hydrogens (tertiary/aromatic N) is 1. The molecule has 34 heavy (non-hydrogen) atoms. The molecule has 0 amide bonds. The average molecular weight is 491 g/mol. The normalized spacial score (nSPS) is 15.5. The minimum Gasteiger partial charge on any atom is -0.486 e. The second kappa shape index (κ2) is 9.02. The number of sulfonamides is 1. The van der Waals surface area contributed by atoms with Crippen molar-refractivity contribution in [2.45, 2.75) is 30.8 Å². The van der Waals surface area contributed by atoms with Crippen molar-refractivity contribution < 1.29 is 36.2 Å². The third-order valence-electron chi connectivity index (χ3n) is 5.41. The van der Waals surface area contributed by atoms with Gasteiger partial charge in [-0.2, -0.15) is 0 Å². The molecule has 1 aliphatic rings. The lowest BCUT2D eigenvalue weighted by molar-refractivity contribution is -0.137. The van der Waals surface area contributed by atoms with Gasteiger partial charge >= 0.3 is 5.97 Å². The van der Waals surface area contributed by atoms with Crippen LogP contribution in [0.2, 0.25) is 0 Å². The fourth-order valence-electron chi connectivity index (χ4n) is 3.84. The van der Waals surface area contributed by atoms with Crippen LogP contribution in [0, 0.1) is 24.4 Å². The molecule has 4 rings (SSSR count). The molecular weight excluding hydrogens is 471 g/mol. The largest absolute Gasteiger partial charge is 0.486 e. The zero-order valence-corrected chi connectivity index (χ0v) is 18.8. The van der Waals surface area contributed by atoms with Gasteiger partial charge < -0.3 is 9.84 Å². The van der Waals surface area contributed by atoms with Crippen molar-refractivity contribution in [1.29, 1.82) is 0 Å². The van der Waals surface area contributed by atoms with Crippen LogP contribution in [0.3, 0.4) is 0 Å². The number of carboxylic acid groups (broad SMARTS) is 1. The summed E-state index contributed by atoms with van der Waals surface area (Å²) in [6.45, 7) is 1.31. The van der Waals surface area contributed by atoms with Gasteiger partial charge in [0.2, 0.25) is 0 Å². The minimum atomic E-state index is -4.31. The zero-order valence-electron chi connectivity index (χ0n) is 18.0. The summed E-state index contributed by atoms with van der Waals surface area (Å²) in [6, 6.07) is 10.5. The third kappa shape index (κ3) is 4.72. The topological polar surface area (TPSA) is 83.9 Å². The number of hydrogen-bond donors (Lipinski definition) is 1. The molecule has 1 heterocycles. The summed E-state index contributed by atoms with van der Waals surface area (Å²) in [6.07, 6.45) is -1.01. The minimum absolute atomic E-state index is 0.0310. The SMILES string of the molecule is Cc1cc(F)cc(S(=O)(=O)N2C[C@H](CCC(=O)O)Oc3ccc(-c4cc(F)ccc4F)cc32)c1. The van der Waals surface area contributed by atoms with E-state index in [1.807, 2.05) is 0 Å². The first-order chi connectivity index (χ1) is 16.0. The Kier molecular flexibility index (Phi) is 6.26. The summed E-state index contributed by atoms with van der Waals surface area (Å²) in [4.78, 5) is 10.7. The Morgan fingerprint density at radius 2 is 1.82 bits per heavy atom. The number of benzene rings is 3. The second-order valence-electron chi connectivity index (χ2n) is 7.98. The van der Waals surface area contributed by atoms with Gasteiger partial charge in [-0.3, -0.25) is 9.10 Å². The van der Waals surface area contributed by atoms with E-state index in [0.717, 1.165) is 28.6 Å². The lowest BCUT2D eigenvalue weighted by atomic mass is 10.0. The lowest BCUT2D eigenvalue weighted by Gasteiger charge is -2.35. The highest BCUT2D eigenvalue weighted by molar-refractivity contribution is 7.92. The number of hydrogen-bond acceptors (Lipinski definition) is 4. The standard InChI is InChI=1S/C24H20F3NO5S/c1-14-8-17(26)11-19(9-14)34(31,32)28-13-18(4-7-24(29)30)33-23-6-2-15(10-22(23)28)20-12-16(25)3-5-21(20)27/h2-3,5-6,8-12,18H,4,7,13H2,1H3,(H,29,30)/t18-/m0/s1. The molecule has 0 fully saturated rings. The Labute approximate surface area is 194 Å². The molecule has 1 N–H and O–H groups in total. The van der Waals surface area contributed by atoms with E-state index in [-0.39, 0.29) is 46.8 Å². The summed E-state index contributed by atoms with van der Waals surface area (Å²) in [5.41, 5.74) is 0.577. The van der Waals surface area contributed by atoms with Crippen molar-refractivity contribution >= 4 is 21.7 Å². The number of aryl methyl sites for hydroxylation is 1. The molecule has 3 aromatic rings. The van der Waals surface area contributed by atoms with E-state index in [4.69, 9.17) is 9.84 Å². The van der Waals surface area contributed by atoms with E-state index >= 15 is 0 Å². The average Bonchev–Trinajstić information content (AvgIpc) is 2.77. The van der Waals surface area contributed by atoms with Gasteiger partial charge in [-0.25, -0.2) is 21.6 Å². The molecule has 0 saturated heterocycles. The number of carbonyl (C=O) groups is 1. The van der Waals surface area contributed by atoms with Gasteiger partial charge in [0.15, 0.2) is 0 Å². The molecular formula is C24H20F3NO5S. The van der Waals surface area contributed by atoms with Gasteiger partial charge in [0.1, 0.15) is 29.3 Å². The maximum Gasteiger partial charge on any atom is 0.303 e. The number of carboxylic acids is 1. The fraction of sp³-hybridized carbons (Fsp3) is 0.208. The van der Waals surface area contributed by atoms with E-state index in [1.54, 1.807) is 6.92 Å². The maximum atomic E-state index is 14.4. The van der Waals surface area contributed by atoms with Crippen molar-refractivity contribution in [3.05, 3.63) is 77.6 Å². The van der Waals surface area contributed by atoms with Gasteiger partial charge in [-0.1, -0.05) is 6.07 Å². The molecule has 3 aromatic carbocycles. The van der Waals surface area contributed by atoms with Gasteiger partial charge in [0.25, 0.3) is 10.0 Å². The summed E-state index contributed by atoms with van der Waals surface area (Å²) in [5.74, 6) is -3.04. The molecule has 0 saturated carbocycles. The molecule has 0 aromatic heterocycles. The van der Waals surface area contributed by atoms with Gasteiger partial charge in [0, 0.05) is 12.0 Å². The Morgan fingerprint density at radius 3 is 2.53 bits per heavy atom. The molecule has 0 aliphatic carbocycles. The van der Waals surface area contributed by atoms with Crippen molar-refractivity contribution in [3.63, 3.8) is 0 Å². The Balaban J connectivity index is 1.84. The predicted molar refractivity (Wildman–Crippen MR) is 119 cm³/mol. The van der Waals surface area contributed by atoms with E-state index in [0.29, 0.717) is 5.56 Å². The zero-order chi connectivity index (χ0) is 24.6. The van der Waals surface area contributed by atoms with Crippen LogP contribution in [0.25, 0.3) is 11.1 Å². The lowest BCUT2D eigenvalue weighted by Crippen LogP contribution is -2.43. The van der Waals surface area contributed by atoms with E-state index in [1.165, 1.54) is 30.3 Å². The molecule has 0 bridgehead atoms. The predicted octanol–water partition coefficient (Wildman–Crippen LogP) is 4.90. The van der Waals surface area contributed by atoms with E-state index < -0.39 is 39.5 Å². The highest BCUT2D eigenvalue weighted by Gasteiger charge is 2.35. The van der Waals surface area contributed by atoms with Crippen molar-refractivity contribution in [1.82, 2.24) is 0 Å². The summed E-state index contributed by atoms with van der Waals surface area (Å²) < 4.78 is 76.1. The highest BCUT2D eigenvalue weighted by Crippen LogP contribution is 2.41. The van der Waals surface area contributed by atoms with Gasteiger partial charge in [-0.15, -0.1) is 0 Å². The first-order valence-electron chi connectivity index (χ1n) is 10.3. The number of ether oxygens (including phenoxy) is 1. The maximum absolute atomic E-state index is 14.4. The van der Waals surface area contributed by atoms with E-state index in [9.17, 15) is 26.4 Å². The van der Waals surface area contributed by atoms with Crippen molar-refractivity contribution in [2.24, 2.45) is 0 Å².